The molecule has 3 aromatic heterocycles. The summed E-state index contributed by atoms with van der Waals surface area (Å²) in [5.41, 5.74) is 3.37. The average Bonchev–Trinajstić information content (AvgIpc) is 3.43. The fraction of sp³-hybridized carbons (Fsp3) is 0.579. The molecule has 5 heterocycles. The summed E-state index contributed by atoms with van der Waals surface area (Å²) in [4.78, 5) is 11.7. The first-order valence-electron chi connectivity index (χ1n) is 10.1. The zero-order valence-corrected chi connectivity index (χ0v) is 16.5. The number of fused-ring (bicyclic) bond motifs is 1. The molecule has 0 aliphatic carbocycles. The Morgan fingerprint density at radius 1 is 1.28 bits per heavy atom. The molecular weight excluding hydrogens is 375 g/mol. The molecule has 2 aliphatic rings. The van der Waals surface area contributed by atoms with E-state index in [0.29, 0.717) is 36.5 Å². The number of hydrogen-bond acceptors (Lipinski definition) is 7. The van der Waals surface area contributed by atoms with Crippen LogP contribution in [-0.2, 0) is 4.74 Å². The lowest BCUT2D eigenvalue weighted by Gasteiger charge is -2.26. The van der Waals surface area contributed by atoms with Crippen molar-refractivity contribution in [2.75, 3.05) is 36.5 Å². The molecule has 0 amide bonds. The Balaban J connectivity index is 1.56. The number of aromatic amines is 1. The SMILES string of the molecule is C[C@H]1CN(c2c(-c3cn[nH]c3)ncn3nc(N[C@H]4CCOC[C@H]4F)nc23)C[C@@H]1C. The molecule has 2 saturated heterocycles. The van der Waals surface area contributed by atoms with Crippen molar-refractivity contribution in [2.24, 2.45) is 11.8 Å². The van der Waals surface area contributed by atoms with E-state index in [1.807, 2.05) is 6.20 Å². The van der Waals surface area contributed by atoms with Crippen LogP contribution >= 0.6 is 0 Å². The summed E-state index contributed by atoms with van der Waals surface area (Å²) in [5.74, 6) is 1.55. The molecule has 0 saturated carbocycles. The van der Waals surface area contributed by atoms with Gasteiger partial charge in [0.2, 0.25) is 5.95 Å². The van der Waals surface area contributed by atoms with E-state index in [0.717, 1.165) is 30.0 Å². The Morgan fingerprint density at radius 3 is 2.83 bits per heavy atom. The zero-order chi connectivity index (χ0) is 20.0. The summed E-state index contributed by atoms with van der Waals surface area (Å²) >= 11 is 0. The molecule has 0 spiro atoms. The molecule has 2 N–H and O–H groups in total. The largest absolute Gasteiger partial charge is 0.378 e. The molecule has 0 bridgehead atoms. The lowest BCUT2D eigenvalue weighted by atomic mass is 10.0. The second-order valence-corrected chi connectivity index (χ2v) is 8.12. The van der Waals surface area contributed by atoms with E-state index < -0.39 is 6.17 Å². The van der Waals surface area contributed by atoms with E-state index in [-0.39, 0.29) is 12.6 Å². The molecule has 0 unspecified atom stereocenters. The molecule has 2 aliphatic heterocycles. The Hall–Kier alpha value is -2.75. The van der Waals surface area contributed by atoms with E-state index in [2.05, 4.69) is 44.3 Å². The number of aromatic nitrogens is 6. The highest BCUT2D eigenvalue weighted by atomic mass is 19.1. The van der Waals surface area contributed by atoms with E-state index in [9.17, 15) is 4.39 Å². The number of nitrogens with one attached hydrogen (secondary N) is 2. The normalized spacial score (nSPS) is 27.6. The Bertz CT molecular complexity index is 980. The van der Waals surface area contributed by atoms with Crippen LogP contribution in [0.1, 0.15) is 20.3 Å². The summed E-state index contributed by atoms with van der Waals surface area (Å²) in [6.07, 6.45) is 4.75. The summed E-state index contributed by atoms with van der Waals surface area (Å²) < 4.78 is 21.0. The van der Waals surface area contributed by atoms with Crippen LogP contribution < -0.4 is 10.2 Å². The lowest BCUT2D eigenvalue weighted by Crippen LogP contribution is -2.39. The monoisotopic (exact) mass is 400 g/mol. The quantitative estimate of drug-likeness (QED) is 0.693. The third-order valence-electron chi connectivity index (χ3n) is 6.04. The fourth-order valence-electron chi connectivity index (χ4n) is 4.13. The number of hydrogen-bond donors (Lipinski definition) is 2. The summed E-state index contributed by atoms with van der Waals surface area (Å²) in [5, 5.41) is 14.6. The van der Waals surface area contributed by atoms with Gasteiger partial charge in [-0.25, -0.2) is 9.37 Å². The fourth-order valence-corrected chi connectivity index (χ4v) is 4.13. The van der Waals surface area contributed by atoms with Gasteiger partial charge >= 0.3 is 0 Å². The van der Waals surface area contributed by atoms with Crippen molar-refractivity contribution < 1.29 is 9.13 Å². The van der Waals surface area contributed by atoms with E-state index in [1.165, 1.54) is 0 Å². The first kappa shape index (κ1) is 18.3. The van der Waals surface area contributed by atoms with Crippen LogP contribution in [0.5, 0.6) is 0 Å². The van der Waals surface area contributed by atoms with Crippen LogP contribution in [0.25, 0.3) is 16.9 Å². The van der Waals surface area contributed by atoms with E-state index in [4.69, 9.17) is 9.72 Å². The highest BCUT2D eigenvalue weighted by molar-refractivity contribution is 5.85. The number of nitrogens with zero attached hydrogens (tertiary/aromatic N) is 6. The van der Waals surface area contributed by atoms with Crippen molar-refractivity contribution >= 4 is 17.3 Å². The summed E-state index contributed by atoms with van der Waals surface area (Å²) in [7, 11) is 0. The molecule has 4 atom stereocenters. The predicted octanol–water partition coefficient (Wildman–Crippen LogP) is 2.15. The van der Waals surface area contributed by atoms with Crippen LogP contribution in [-0.4, -0.2) is 68.3 Å². The van der Waals surface area contributed by atoms with Crippen molar-refractivity contribution in [3.63, 3.8) is 0 Å². The number of halogens is 1. The number of H-pyrrole nitrogens is 1. The van der Waals surface area contributed by atoms with Crippen molar-refractivity contribution in [1.82, 2.24) is 29.8 Å². The maximum absolute atomic E-state index is 14.2. The topological polar surface area (TPSA) is 96.3 Å². The van der Waals surface area contributed by atoms with Gasteiger partial charge in [-0.2, -0.15) is 14.6 Å². The van der Waals surface area contributed by atoms with Crippen molar-refractivity contribution in [3.8, 4) is 11.3 Å². The smallest absolute Gasteiger partial charge is 0.243 e. The molecule has 5 rings (SSSR count). The van der Waals surface area contributed by atoms with Crippen molar-refractivity contribution in [2.45, 2.75) is 32.5 Å². The predicted molar refractivity (Wildman–Crippen MR) is 107 cm³/mol. The van der Waals surface area contributed by atoms with E-state index >= 15 is 0 Å². The average molecular weight is 400 g/mol. The Morgan fingerprint density at radius 2 is 2.10 bits per heavy atom. The first-order valence-corrected chi connectivity index (χ1v) is 10.1. The van der Waals surface area contributed by atoms with Gasteiger partial charge in [0.05, 0.1) is 18.8 Å². The number of anilines is 2. The molecule has 2 fully saturated rings. The van der Waals surface area contributed by atoms with Crippen LogP contribution in [0.3, 0.4) is 0 Å². The summed E-state index contributed by atoms with van der Waals surface area (Å²) in [6.45, 7) is 7.02. The first-order chi connectivity index (χ1) is 14.1. The standard InChI is InChI=1S/C19H25FN8O/c1-11-7-27(8-12(11)2)17-16(13-5-22-23-6-13)21-10-28-18(17)25-19(26-28)24-15-3-4-29-9-14(15)20/h5-6,10-12,14-15H,3-4,7-9H2,1-2H3,(H,22,23)(H,24,26)/t11-,12-,14+,15-/m0/s1. The zero-order valence-electron chi connectivity index (χ0n) is 16.5. The van der Waals surface area contributed by atoms with Gasteiger partial charge in [-0.1, -0.05) is 13.8 Å². The van der Waals surface area contributed by atoms with E-state index in [1.54, 1.807) is 17.0 Å². The van der Waals surface area contributed by atoms with Gasteiger partial charge in [-0.15, -0.1) is 5.10 Å². The molecule has 154 valence electrons. The number of alkyl halides is 1. The molecule has 29 heavy (non-hydrogen) atoms. The van der Waals surface area contributed by atoms with Gasteiger partial charge in [-0.3, -0.25) is 5.10 Å². The van der Waals surface area contributed by atoms with Gasteiger partial charge in [0.1, 0.15) is 23.9 Å². The highest BCUT2D eigenvalue weighted by Crippen LogP contribution is 2.36. The van der Waals surface area contributed by atoms with Crippen LogP contribution in [0, 0.1) is 11.8 Å². The van der Waals surface area contributed by atoms with Crippen molar-refractivity contribution in [3.05, 3.63) is 18.7 Å². The highest BCUT2D eigenvalue weighted by Gasteiger charge is 2.32. The van der Waals surface area contributed by atoms with Gasteiger partial charge in [0, 0.05) is 31.5 Å². The van der Waals surface area contributed by atoms with Crippen LogP contribution in [0.4, 0.5) is 16.0 Å². The Kier molecular flexibility index (Phi) is 4.57. The second kappa shape index (κ2) is 7.25. The van der Waals surface area contributed by atoms with Crippen molar-refractivity contribution in [1.29, 1.82) is 0 Å². The molecule has 0 radical (unpaired) electrons. The van der Waals surface area contributed by atoms with Gasteiger partial charge in [0.25, 0.3) is 0 Å². The number of rotatable bonds is 4. The third kappa shape index (κ3) is 3.31. The van der Waals surface area contributed by atoms with Crippen LogP contribution in [0.2, 0.25) is 0 Å². The molecule has 10 heteroatoms. The second-order valence-electron chi connectivity index (χ2n) is 8.12. The summed E-state index contributed by atoms with van der Waals surface area (Å²) in [6, 6.07) is -0.349. The minimum absolute atomic E-state index is 0.103. The van der Waals surface area contributed by atoms with Gasteiger partial charge in [0.15, 0.2) is 5.65 Å². The van der Waals surface area contributed by atoms with Gasteiger partial charge < -0.3 is 15.0 Å². The molecule has 3 aromatic rings. The molecular formula is C19H25FN8O. The maximum Gasteiger partial charge on any atom is 0.243 e. The number of ether oxygens (including phenoxy) is 1. The molecule has 0 aromatic carbocycles. The van der Waals surface area contributed by atoms with Crippen LogP contribution in [0.15, 0.2) is 18.7 Å². The minimum Gasteiger partial charge on any atom is -0.378 e. The third-order valence-corrected chi connectivity index (χ3v) is 6.04. The molecule has 9 nitrogen and oxygen atoms in total. The minimum atomic E-state index is -1.07. The van der Waals surface area contributed by atoms with Gasteiger partial charge in [-0.05, 0) is 18.3 Å². The Labute approximate surface area is 167 Å². The lowest BCUT2D eigenvalue weighted by molar-refractivity contribution is 0.0284. The maximum atomic E-state index is 14.2.